The van der Waals surface area contributed by atoms with Gasteiger partial charge in [0, 0.05) is 6.42 Å². The maximum atomic E-state index is 11.7. The van der Waals surface area contributed by atoms with Crippen LogP contribution in [0.3, 0.4) is 0 Å². The quantitative estimate of drug-likeness (QED) is 0.451. The van der Waals surface area contributed by atoms with Crippen LogP contribution in [0.15, 0.2) is 35.4 Å². The molecule has 4 heteroatoms. The molecule has 0 amide bonds. The van der Waals surface area contributed by atoms with Crippen LogP contribution in [-0.4, -0.2) is 24.4 Å². The van der Waals surface area contributed by atoms with Crippen LogP contribution < -0.4 is 0 Å². The predicted molar refractivity (Wildman–Crippen MR) is 83.7 cm³/mol. The molecule has 0 radical (unpaired) electrons. The van der Waals surface area contributed by atoms with Crippen molar-refractivity contribution >= 4 is 19.7 Å². The molecule has 1 aromatic carbocycles. The van der Waals surface area contributed by atoms with Gasteiger partial charge in [0.2, 0.25) is 0 Å². The Morgan fingerprint density at radius 3 is 2.26 bits per heavy atom. The number of ketones is 1. The average molecular weight is 276 g/mol. The van der Waals surface area contributed by atoms with E-state index in [1.807, 2.05) is 32.0 Å². The molecule has 0 spiro atoms. The smallest absolute Gasteiger partial charge is 0.178 e. The molecule has 0 aliphatic heterocycles. The SMILES string of the molecule is CCC(=O)/C(C)=N/N(Cc1ccccc1)[Si](C)(C)C. The van der Waals surface area contributed by atoms with Gasteiger partial charge < -0.3 is 4.67 Å². The van der Waals surface area contributed by atoms with Crippen LogP contribution in [0.1, 0.15) is 25.8 Å². The fourth-order valence-corrected chi connectivity index (χ4v) is 2.78. The van der Waals surface area contributed by atoms with Crippen molar-refractivity contribution in [2.75, 3.05) is 0 Å². The lowest BCUT2D eigenvalue weighted by atomic mass is 10.2. The predicted octanol–water partition coefficient (Wildman–Crippen LogP) is 3.68. The van der Waals surface area contributed by atoms with Crippen LogP contribution >= 0.6 is 0 Å². The van der Waals surface area contributed by atoms with E-state index in [1.165, 1.54) is 5.56 Å². The van der Waals surface area contributed by atoms with Crippen molar-refractivity contribution in [3.63, 3.8) is 0 Å². The Kier molecular flexibility index (Phi) is 5.48. The van der Waals surface area contributed by atoms with E-state index in [-0.39, 0.29) is 5.78 Å². The van der Waals surface area contributed by atoms with Crippen LogP contribution in [0.25, 0.3) is 0 Å². The monoisotopic (exact) mass is 276 g/mol. The van der Waals surface area contributed by atoms with Crippen LogP contribution in [-0.2, 0) is 11.3 Å². The summed E-state index contributed by atoms with van der Waals surface area (Å²) in [7, 11) is -1.60. The van der Waals surface area contributed by atoms with Gasteiger partial charge in [-0.1, -0.05) is 56.9 Å². The zero-order chi connectivity index (χ0) is 14.5. The van der Waals surface area contributed by atoms with Crippen LogP contribution in [0.2, 0.25) is 19.6 Å². The molecule has 0 saturated carbocycles. The van der Waals surface area contributed by atoms with Crippen molar-refractivity contribution in [1.29, 1.82) is 0 Å². The van der Waals surface area contributed by atoms with Gasteiger partial charge >= 0.3 is 0 Å². The van der Waals surface area contributed by atoms with Gasteiger partial charge in [0.15, 0.2) is 14.0 Å². The lowest BCUT2D eigenvalue weighted by Gasteiger charge is -2.32. The zero-order valence-electron chi connectivity index (χ0n) is 12.6. The minimum atomic E-state index is -1.60. The number of rotatable bonds is 6. The third-order valence-electron chi connectivity index (χ3n) is 2.94. The molecule has 0 bridgehead atoms. The Morgan fingerprint density at radius 1 is 1.21 bits per heavy atom. The topological polar surface area (TPSA) is 32.7 Å². The van der Waals surface area contributed by atoms with Crippen molar-refractivity contribution in [3.8, 4) is 0 Å². The van der Waals surface area contributed by atoms with Crippen LogP contribution in [0.4, 0.5) is 0 Å². The molecular formula is C15H24N2OSi. The average Bonchev–Trinajstić information content (AvgIpc) is 2.37. The standard InChI is InChI=1S/C15H24N2OSi/c1-6-15(18)13(2)16-17(19(3,4)5)12-14-10-8-7-9-11-14/h7-11H,6,12H2,1-5H3/b16-13+. The molecule has 0 heterocycles. The second-order valence-electron chi connectivity index (χ2n) is 5.68. The van der Waals surface area contributed by atoms with Crippen molar-refractivity contribution in [1.82, 2.24) is 4.67 Å². The normalized spacial score (nSPS) is 12.4. The van der Waals surface area contributed by atoms with Crippen LogP contribution in [0, 0.1) is 0 Å². The Morgan fingerprint density at radius 2 is 1.79 bits per heavy atom. The third-order valence-corrected chi connectivity index (χ3v) is 4.75. The van der Waals surface area contributed by atoms with Gasteiger partial charge in [-0.05, 0) is 12.5 Å². The van der Waals surface area contributed by atoms with Gasteiger partial charge in [-0.25, -0.2) is 0 Å². The van der Waals surface area contributed by atoms with Crippen molar-refractivity contribution < 1.29 is 4.79 Å². The number of Topliss-reactive ketones (excluding diaryl/α,β-unsaturated/α-hetero) is 1. The van der Waals surface area contributed by atoms with Gasteiger partial charge in [-0.15, -0.1) is 0 Å². The van der Waals surface area contributed by atoms with Gasteiger partial charge in [0.05, 0.1) is 12.3 Å². The summed E-state index contributed by atoms with van der Waals surface area (Å²) in [6.07, 6.45) is 0.514. The van der Waals surface area contributed by atoms with E-state index in [0.717, 1.165) is 6.54 Å². The fraction of sp³-hybridized carbons (Fsp3) is 0.467. The first kappa shape index (κ1) is 15.6. The number of nitrogens with zero attached hydrogens (tertiary/aromatic N) is 2. The summed E-state index contributed by atoms with van der Waals surface area (Å²) in [4.78, 5) is 11.7. The fourth-order valence-electron chi connectivity index (χ4n) is 1.67. The van der Waals surface area contributed by atoms with E-state index in [4.69, 9.17) is 0 Å². The molecule has 0 aliphatic rings. The Labute approximate surface area is 117 Å². The molecule has 1 aromatic rings. The van der Waals surface area contributed by atoms with E-state index in [0.29, 0.717) is 12.1 Å². The molecule has 0 fully saturated rings. The summed E-state index contributed by atoms with van der Waals surface area (Å²) in [5.74, 6) is 0.122. The first-order valence-electron chi connectivity index (χ1n) is 6.74. The summed E-state index contributed by atoms with van der Waals surface area (Å²) >= 11 is 0. The van der Waals surface area contributed by atoms with Gasteiger partial charge in [-0.3, -0.25) is 4.79 Å². The number of hydrogen-bond donors (Lipinski definition) is 0. The molecule has 0 aromatic heterocycles. The summed E-state index contributed by atoms with van der Waals surface area (Å²) in [5, 5.41) is 4.58. The minimum Gasteiger partial charge on any atom is -0.320 e. The molecule has 0 aliphatic carbocycles. The van der Waals surface area contributed by atoms with Crippen molar-refractivity contribution in [3.05, 3.63) is 35.9 Å². The highest BCUT2D eigenvalue weighted by Gasteiger charge is 2.23. The summed E-state index contributed by atoms with van der Waals surface area (Å²) in [6, 6.07) is 10.3. The van der Waals surface area contributed by atoms with Gasteiger partial charge in [0.1, 0.15) is 0 Å². The van der Waals surface area contributed by atoms with Gasteiger partial charge in [0.25, 0.3) is 0 Å². The largest absolute Gasteiger partial charge is 0.320 e. The van der Waals surface area contributed by atoms with Crippen molar-refractivity contribution in [2.24, 2.45) is 5.10 Å². The molecular weight excluding hydrogens is 252 g/mol. The zero-order valence-corrected chi connectivity index (χ0v) is 13.6. The lowest BCUT2D eigenvalue weighted by molar-refractivity contribution is -0.112. The number of hydrazone groups is 1. The highest BCUT2D eigenvalue weighted by atomic mass is 28.3. The highest BCUT2D eigenvalue weighted by molar-refractivity contribution is 6.73. The number of benzene rings is 1. The molecule has 19 heavy (non-hydrogen) atoms. The second kappa shape index (κ2) is 6.66. The molecule has 0 saturated heterocycles. The summed E-state index contributed by atoms with van der Waals surface area (Å²) in [6.45, 7) is 11.2. The lowest BCUT2D eigenvalue weighted by Crippen LogP contribution is -2.42. The number of carbonyl (C=O) groups is 1. The Balaban J connectivity index is 2.94. The van der Waals surface area contributed by atoms with Crippen LogP contribution in [0.5, 0.6) is 0 Å². The maximum absolute atomic E-state index is 11.7. The Bertz CT molecular complexity index is 449. The number of carbonyl (C=O) groups excluding carboxylic acids is 1. The molecule has 104 valence electrons. The van der Waals surface area contributed by atoms with E-state index >= 15 is 0 Å². The van der Waals surface area contributed by atoms with E-state index < -0.39 is 8.24 Å². The van der Waals surface area contributed by atoms with E-state index in [2.05, 4.69) is 41.5 Å². The minimum absolute atomic E-state index is 0.122. The molecule has 1 rings (SSSR count). The summed E-state index contributed by atoms with van der Waals surface area (Å²) in [5.41, 5.74) is 1.84. The van der Waals surface area contributed by atoms with Crippen molar-refractivity contribution in [2.45, 2.75) is 46.5 Å². The molecule has 0 N–H and O–H groups in total. The first-order chi connectivity index (χ1) is 8.84. The maximum Gasteiger partial charge on any atom is 0.178 e. The number of hydrogen-bond acceptors (Lipinski definition) is 3. The van der Waals surface area contributed by atoms with Gasteiger partial charge in [-0.2, -0.15) is 5.10 Å². The first-order valence-corrected chi connectivity index (χ1v) is 10.2. The summed E-state index contributed by atoms with van der Waals surface area (Å²) < 4.78 is 2.12. The van der Waals surface area contributed by atoms with E-state index in [1.54, 1.807) is 0 Å². The molecule has 3 nitrogen and oxygen atoms in total. The third kappa shape index (κ3) is 4.99. The molecule has 0 atom stereocenters. The Hall–Kier alpha value is -1.42. The highest BCUT2D eigenvalue weighted by Crippen LogP contribution is 2.15. The van der Waals surface area contributed by atoms with E-state index in [9.17, 15) is 4.79 Å². The second-order valence-corrected chi connectivity index (χ2v) is 10.5. The molecule has 0 unspecified atom stereocenters.